The third kappa shape index (κ3) is 4.75. The van der Waals surface area contributed by atoms with Crippen molar-refractivity contribution in [3.8, 4) is 56.4 Å². The van der Waals surface area contributed by atoms with E-state index in [1.54, 1.807) is 6.07 Å². The van der Waals surface area contributed by atoms with Gasteiger partial charge in [-0.3, -0.25) is 0 Å². The van der Waals surface area contributed by atoms with Gasteiger partial charge in [-0.05, 0) is 58.6 Å². The van der Waals surface area contributed by atoms with Gasteiger partial charge < -0.3 is 8.83 Å². The zero-order chi connectivity index (χ0) is 42.6. The molecule has 10 aromatic rings. The van der Waals surface area contributed by atoms with Crippen LogP contribution in [0.25, 0.3) is 100 Å². The van der Waals surface area contributed by atoms with E-state index in [2.05, 4.69) is 0 Å². The molecule has 0 atom stereocenters. The lowest BCUT2D eigenvalue weighted by molar-refractivity contribution is 0.668. The van der Waals surface area contributed by atoms with Gasteiger partial charge in [0.1, 0.15) is 22.3 Å². The van der Waals surface area contributed by atoms with Gasteiger partial charge in [-0.1, -0.05) is 127 Å². The van der Waals surface area contributed by atoms with E-state index in [4.69, 9.17) is 36.1 Å². The van der Waals surface area contributed by atoms with Crippen LogP contribution in [0, 0.1) is 0 Å². The second kappa shape index (κ2) is 11.4. The smallest absolute Gasteiger partial charge is 0.167 e. The summed E-state index contributed by atoms with van der Waals surface area (Å²) in [5, 5.41) is 1.39. The highest BCUT2D eigenvalue weighted by molar-refractivity contribution is 6.11. The number of nitrogens with zero attached hydrogens (tertiary/aromatic N) is 3. The van der Waals surface area contributed by atoms with Gasteiger partial charge in [-0.25, -0.2) is 15.0 Å². The second-order valence-electron chi connectivity index (χ2n) is 11.6. The van der Waals surface area contributed by atoms with E-state index in [9.17, 15) is 2.74 Å². The predicted octanol–water partition coefficient (Wildman–Crippen LogP) is 12.0. The summed E-state index contributed by atoms with van der Waals surface area (Å²) >= 11 is 0. The fraction of sp³-hybridized carbons (Fsp3) is 0. The molecular weight excluding hydrogens is 615 g/mol. The first-order valence-corrected chi connectivity index (χ1v) is 15.7. The molecule has 0 aliphatic rings. The van der Waals surface area contributed by atoms with Crippen molar-refractivity contribution in [2.45, 2.75) is 0 Å². The van der Waals surface area contributed by atoms with Crippen LogP contribution in [-0.2, 0) is 0 Å². The normalized spacial score (nSPS) is 14.7. The first-order chi connectivity index (χ1) is 29.3. The number of aromatic nitrogens is 3. The lowest BCUT2D eigenvalue weighted by Gasteiger charge is -2.11. The second-order valence-corrected chi connectivity index (χ2v) is 11.6. The van der Waals surface area contributed by atoms with Crippen LogP contribution in [0.3, 0.4) is 0 Å². The molecule has 7 aromatic carbocycles. The fourth-order valence-electron chi connectivity index (χ4n) is 6.16. The third-order valence-corrected chi connectivity index (χ3v) is 8.56. The molecule has 0 fully saturated rings. The molecule has 0 saturated carbocycles. The summed E-state index contributed by atoms with van der Waals surface area (Å²) in [6, 6.07) is 23.6. The number of furan rings is 2. The van der Waals surface area contributed by atoms with Crippen molar-refractivity contribution < 1.29 is 23.9 Å². The molecular formula is C45H27N3O2. The molecule has 0 unspecified atom stereocenters. The fourth-order valence-corrected chi connectivity index (χ4v) is 6.16. The van der Waals surface area contributed by atoms with Crippen LogP contribution in [-0.4, -0.2) is 15.0 Å². The molecule has 0 N–H and O–H groups in total. The highest BCUT2D eigenvalue weighted by atomic mass is 16.3. The van der Waals surface area contributed by atoms with Crippen molar-refractivity contribution in [2.24, 2.45) is 0 Å². The Hall–Kier alpha value is -6.85. The van der Waals surface area contributed by atoms with Crippen molar-refractivity contribution in [1.29, 1.82) is 0 Å². The molecule has 50 heavy (non-hydrogen) atoms. The summed E-state index contributed by atoms with van der Waals surface area (Å²) < 4.78 is 109. The Morgan fingerprint density at radius 2 is 1.06 bits per heavy atom. The standard InChI is InChI=1S/C45H27N3O2/c1-3-11-28(12-4-1)30-19-21-31(22-20-30)43-46-44(32-23-24-36-34-15-7-9-17-39(34)49-41(36)27-32)48-45(47-43)38-26-33(29-13-5-2-6-14-29)25-37-35-16-8-10-18-40(35)50-42(37)38/h1-27H/i2D,5D,6D,8D,10D,13D,14D,16D,18D,25D,26D. The molecule has 3 heterocycles. The Morgan fingerprint density at radius 1 is 0.400 bits per heavy atom. The molecule has 234 valence electrons. The molecule has 0 amide bonds. The maximum Gasteiger partial charge on any atom is 0.167 e. The molecule has 5 nitrogen and oxygen atoms in total. The van der Waals surface area contributed by atoms with Crippen LogP contribution >= 0.6 is 0 Å². The van der Waals surface area contributed by atoms with Crippen LogP contribution in [0.1, 0.15) is 15.1 Å². The number of hydrogen-bond acceptors (Lipinski definition) is 5. The highest BCUT2D eigenvalue weighted by Crippen LogP contribution is 2.40. The maximum atomic E-state index is 9.74. The molecule has 10 rings (SSSR count). The zero-order valence-corrected chi connectivity index (χ0v) is 25.9. The topological polar surface area (TPSA) is 65.0 Å². The number of benzene rings is 7. The summed E-state index contributed by atoms with van der Waals surface area (Å²) in [5.74, 6) is 0.132. The van der Waals surface area contributed by atoms with E-state index in [1.165, 1.54) is 0 Å². The predicted molar refractivity (Wildman–Crippen MR) is 202 cm³/mol. The van der Waals surface area contributed by atoms with Crippen molar-refractivity contribution in [1.82, 2.24) is 15.0 Å². The number of para-hydroxylation sites is 2. The Balaban J connectivity index is 1.32. The van der Waals surface area contributed by atoms with Crippen LogP contribution < -0.4 is 0 Å². The van der Waals surface area contributed by atoms with Crippen LogP contribution in [0.2, 0.25) is 0 Å². The summed E-state index contributed by atoms with van der Waals surface area (Å²) in [6.45, 7) is 0. The molecule has 5 heteroatoms. The van der Waals surface area contributed by atoms with Gasteiger partial charge >= 0.3 is 0 Å². The van der Waals surface area contributed by atoms with Crippen molar-refractivity contribution >= 4 is 43.9 Å². The van der Waals surface area contributed by atoms with Crippen LogP contribution in [0.4, 0.5) is 0 Å². The minimum Gasteiger partial charge on any atom is -0.456 e. The van der Waals surface area contributed by atoms with Gasteiger partial charge in [0.25, 0.3) is 0 Å². The van der Waals surface area contributed by atoms with E-state index in [1.807, 2.05) is 91.0 Å². The van der Waals surface area contributed by atoms with Crippen molar-refractivity contribution in [3.05, 3.63) is 164 Å². The largest absolute Gasteiger partial charge is 0.456 e. The summed E-state index contributed by atoms with van der Waals surface area (Å²) in [7, 11) is 0. The monoisotopic (exact) mass is 652 g/mol. The van der Waals surface area contributed by atoms with Gasteiger partial charge in [-0.2, -0.15) is 0 Å². The molecule has 0 saturated heterocycles. The Morgan fingerprint density at radius 3 is 1.92 bits per heavy atom. The van der Waals surface area contributed by atoms with Crippen LogP contribution in [0.15, 0.2) is 172 Å². The molecule has 0 aliphatic carbocycles. The first kappa shape index (κ1) is 19.2. The van der Waals surface area contributed by atoms with Gasteiger partial charge in [-0.15, -0.1) is 0 Å². The Kier molecular flexibility index (Phi) is 4.38. The quantitative estimate of drug-likeness (QED) is 0.185. The highest BCUT2D eigenvalue weighted by Gasteiger charge is 2.20. The number of rotatable bonds is 5. The van der Waals surface area contributed by atoms with Gasteiger partial charge in [0.05, 0.1) is 20.6 Å². The SMILES string of the molecule is [2H]c1c([2H])c([2H])c(-c2c([2H])c(-c3nc(-c4ccc(-c5ccccc5)cc4)nc(-c4ccc5c(c4)oc4ccccc45)n3)c3oc4c([2H])c([2H])c([2H])c([2H])c4c3c2[2H])c([2H])c1[2H]. The number of fused-ring (bicyclic) bond motifs is 6. The third-order valence-electron chi connectivity index (χ3n) is 8.56. The molecule has 0 radical (unpaired) electrons. The average molecular weight is 653 g/mol. The molecule has 0 aliphatic heterocycles. The summed E-state index contributed by atoms with van der Waals surface area (Å²) in [4.78, 5) is 14.6. The van der Waals surface area contributed by atoms with Gasteiger partial charge in [0, 0.05) is 32.7 Å². The minimum absolute atomic E-state index is 0.140. The lowest BCUT2D eigenvalue weighted by atomic mass is 9.99. The minimum atomic E-state index is -0.694. The average Bonchev–Trinajstić information content (AvgIpc) is 3.87. The molecule has 0 spiro atoms. The van der Waals surface area contributed by atoms with E-state index < -0.39 is 77.6 Å². The van der Waals surface area contributed by atoms with E-state index in [-0.39, 0.29) is 45.0 Å². The Bertz CT molecular complexity index is 3470. The van der Waals surface area contributed by atoms with Gasteiger partial charge in [0.15, 0.2) is 17.5 Å². The molecule has 3 aromatic heterocycles. The number of hydrogen-bond donors (Lipinski definition) is 0. The Labute approximate surface area is 302 Å². The summed E-state index contributed by atoms with van der Waals surface area (Å²) in [6.07, 6.45) is 0. The van der Waals surface area contributed by atoms with E-state index in [0.29, 0.717) is 22.3 Å². The van der Waals surface area contributed by atoms with E-state index >= 15 is 0 Å². The van der Waals surface area contributed by atoms with Crippen LogP contribution in [0.5, 0.6) is 0 Å². The van der Waals surface area contributed by atoms with Gasteiger partial charge in [0.2, 0.25) is 0 Å². The maximum absolute atomic E-state index is 9.74. The van der Waals surface area contributed by atoms with E-state index in [0.717, 1.165) is 21.9 Å². The zero-order valence-electron chi connectivity index (χ0n) is 36.9. The van der Waals surface area contributed by atoms with Crippen molar-refractivity contribution in [2.75, 3.05) is 0 Å². The lowest BCUT2D eigenvalue weighted by Crippen LogP contribution is -2.00. The van der Waals surface area contributed by atoms with Crippen molar-refractivity contribution in [3.63, 3.8) is 0 Å². The molecule has 0 bridgehead atoms. The summed E-state index contributed by atoms with van der Waals surface area (Å²) in [5.41, 5.74) is 2.62. The first-order valence-electron chi connectivity index (χ1n) is 21.2.